The number of nitrogens with one attached hydrogen (secondary N) is 1. The van der Waals surface area contributed by atoms with Crippen LogP contribution in [-0.4, -0.2) is 15.2 Å². The van der Waals surface area contributed by atoms with E-state index < -0.39 is 0 Å². The van der Waals surface area contributed by atoms with Crippen molar-refractivity contribution in [2.45, 2.75) is 33.1 Å². The van der Waals surface area contributed by atoms with Crippen molar-refractivity contribution < 1.29 is 0 Å². The second-order valence-electron chi connectivity index (χ2n) is 7.38. The maximum atomic E-state index is 6.13. The number of hydrogen-bond donors (Lipinski definition) is 2. The lowest BCUT2D eigenvalue weighted by molar-refractivity contribution is 0.316. The first-order valence-corrected chi connectivity index (χ1v) is 8.42. The molecule has 0 unspecified atom stereocenters. The number of benzene rings is 1. The molecule has 0 radical (unpaired) electrons. The molecule has 2 heterocycles. The van der Waals surface area contributed by atoms with E-state index in [1.165, 1.54) is 16.7 Å². The SMILES string of the molecule is CC1(C)CCc2c(C=Cc3ccccc3)nc3n[nH]c(N)c3c2C1. The lowest BCUT2D eigenvalue weighted by Crippen LogP contribution is -2.23. The van der Waals surface area contributed by atoms with Crippen molar-refractivity contribution in [1.29, 1.82) is 0 Å². The Hall–Kier alpha value is -2.62. The van der Waals surface area contributed by atoms with Crippen LogP contribution in [0.15, 0.2) is 30.3 Å². The predicted molar refractivity (Wildman–Crippen MR) is 99.5 cm³/mol. The van der Waals surface area contributed by atoms with Gasteiger partial charge in [0, 0.05) is 0 Å². The Kier molecular flexibility index (Phi) is 3.41. The van der Waals surface area contributed by atoms with Crippen molar-refractivity contribution >= 4 is 29.0 Å². The quantitative estimate of drug-likeness (QED) is 0.743. The molecule has 0 fully saturated rings. The molecule has 4 rings (SSSR count). The average Bonchev–Trinajstić information content (AvgIpc) is 2.94. The highest BCUT2D eigenvalue weighted by molar-refractivity contribution is 5.92. The molecule has 0 atom stereocenters. The molecule has 4 heteroatoms. The summed E-state index contributed by atoms with van der Waals surface area (Å²) >= 11 is 0. The van der Waals surface area contributed by atoms with E-state index in [4.69, 9.17) is 10.7 Å². The van der Waals surface area contributed by atoms with Crippen LogP contribution in [-0.2, 0) is 12.8 Å². The van der Waals surface area contributed by atoms with Gasteiger partial charge in [0.2, 0.25) is 0 Å². The van der Waals surface area contributed by atoms with Crippen LogP contribution in [0.2, 0.25) is 0 Å². The standard InChI is InChI=1S/C20H22N4/c1-20(2)11-10-14-15(12-20)17-18(21)23-24-19(17)22-16(14)9-8-13-6-4-3-5-7-13/h3-9H,10-12H2,1-2H3,(H3,21,22,23,24). The summed E-state index contributed by atoms with van der Waals surface area (Å²) in [6.07, 6.45) is 7.43. The lowest BCUT2D eigenvalue weighted by atomic mass is 9.73. The molecule has 0 spiro atoms. The summed E-state index contributed by atoms with van der Waals surface area (Å²) in [4.78, 5) is 4.76. The van der Waals surface area contributed by atoms with E-state index in [1.807, 2.05) is 18.2 Å². The van der Waals surface area contributed by atoms with Gasteiger partial charge in [-0.15, -0.1) is 0 Å². The van der Waals surface area contributed by atoms with Crippen molar-refractivity contribution in [2.75, 3.05) is 5.73 Å². The number of fused-ring (bicyclic) bond motifs is 3. The molecule has 0 aliphatic heterocycles. The maximum absolute atomic E-state index is 6.13. The molecular weight excluding hydrogens is 296 g/mol. The van der Waals surface area contributed by atoms with Crippen LogP contribution in [0.25, 0.3) is 23.2 Å². The molecule has 0 saturated heterocycles. The van der Waals surface area contributed by atoms with Gasteiger partial charge in [0.15, 0.2) is 5.65 Å². The van der Waals surface area contributed by atoms with E-state index in [1.54, 1.807) is 0 Å². The Balaban J connectivity index is 1.86. The highest BCUT2D eigenvalue weighted by Gasteiger charge is 2.29. The smallest absolute Gasteiger partial charge is 0.183 e. The third-order valence-corrected chi connectivity index (χ3v) is 4.92. The first-order valence-electron chi connectivity index (χ1n) is 8.42. The number of nitrogens with two attached hydrogens (primary N) is 1. The molecule has 2 aromatic heterocycles. The summed E-state index contributed by atoms with van der Waals surface area (Å²) in [6.45, 7) is 4.63. The largest absolute Gasteiger partial charge is 0.384 e. The number of nitrogens with zero attached hydrogens (tertiary/aromatic N) is 2. The normalized spacial score (nSPS) is 16.6. The van der Waals surface area contributed by atoms with Crippen LogP contribution in [0.3, 0.4) is 0 Å². The number of aromatic nitrogens is 3. The van der Waals surface area contributed by atoms with E-state index in [9.17, 15) is 0 Å². The van der Waals surface area contributed by atoms with Crippen molar-refractivity contribution in [3.8, 4) is 0 Å². The van der Waals surface area contributed by atoms with Crippen molar-refractivity contribution in [2.24, 2.45) is 5.41 Å². The van der Waals surface area contributed by atoms with E-state index in [-0.39, 0.29) is 5.41 Å². The van der Waals surface area contributed by atoms with E-state index in [2.05, 4.69) is 48.3 Å². The van der Waals surface area contributed by atoms with E-state index >= 15 is 0 Å². The Bertz CT molecular complexity index is 920. The maximum Gasteiger partial charge on any atom is 0.183 e. The van der Waals surface area contributed by atoms with Crippen LogP contribution in [0.4, 0.5) is 5.82 Å². The predicted octanol–water partition coefficient (Wildman–Crippen LogP) is 4.23. The second-order valence-corrected chi connectivity index (χ2v) is 7.38. The summed E-state index contributed by atoms with van der Waals surface area (Å²) in [6, 6.07) is 10.3. The van der Waals surface area contributed by atoms with Crippen LogP contribution < -0.4 is 5.73 Å². The molecule has 4 nitrogen and oxygen atoms in total. The third kappa shape index (κ3) is 2.58. The number of nitrogen functional groups attached to an aromatic ring is 1. The molecule has 0 saturated carbocycles. The average molecular weight is 318 g/mol. The zero-order chi connectivity index (χ0) is 16.7. The molecule has 1 aliphatic carbocycles. The second kappa shape index (κ2) is 5.48. The lowest BCUT2D eigenvalue weighted by Gasteiger charge is -2.32. The highest BCUT2D eigenvalue weighted by atomic mass is 15.2. The molecule has 0 amide bonds. The zero-order valence-electron chi connectivity index (χ0n) is 14.1. The third-order valence-electron chi connectivity index (χ3n) is 4.92. The van der Waals surface area contributed by atoms with E-state index in [0.29, 0.717) is 5.82 Å². The van der Waals surface area contributed by atoms with Crippen LogP contribution >= 0.6 is 0 Å². The Morgan fingerprint density at radius 3 is 2.71 bits per heavy atom. The number of hydrogen-bond acceptors (Lipinski definition) is 3. The van der Waals surface area contributed by atoms with Gasteiger partial charge in [-0.3, -0.25) is 5.10 Å². The first-order chi connectivity index (χ1) is 11.5. The van der Waals surface area contributed by atoms with Gasteiger partial charge < -0.3 is 5.73 Å². The molecule has 1 aromatic carbocycles. The van der Waals surface area contributed by atoms with Gasteiger partial charge in [-0.2, -0.15) is 5.10 Å². The Labute approximate surface area is 141 Å². The Morgan fingerprint density at radius 1 is 1.12 bits per heavy atom. The van der Waals surface area contributed by atoms with Gasteiger partial charge in [0.25, 0.3) is 0 Å². The summed E-state index contributed by atoms with van der Waals surface area (Å²) in [5, 5.41) is 8.20. The summed E-state index contributed by atoms with van der Waals surface area (Å²) < 4.78 is 0. The number of anilines is 1. The van der Waals surface area contributed by atoms with Crippen molar-refractivity contribution in [3.63, 3.8) is 0 Å². The van der Waals surface area contributed by atoms with Gasteiger partial charge >= 0.3 is 0 Å². The minimum Gasteiger partial charge on any atom is -0.384 e. The fraction of sp³-hybridized carbons (Fsp3) is 0.300. The summed E-state index contributed by atoms with van der Waals surface area (Å²) in [5.74, 6) is 0.630. The minimum absolute atomic E-state index is 0.283. The minimum atomic E-state index is 0.283. The molecular formula is C20H22N4. The van der Waals surface area contributed by atoms with Crippen molar-refractivity contribution in [1.82, 2.24) is 15.2 Å². The molecule has 122 valence electrons. The topological polar surface area (TPSA) is 67.6 Å². The fourth-order valence-electron chi connectivity index (χ4n) is 3.59. The Morgan fingerprint density at radius 2 is 1.92 bits per heavy atom. The van der Waals surface area contributed by atoms with Crippen molar-refractivity contribution in [3.05, 3.63) is 52.7 Å². The van der Waals surface area contributed by atoms with Crippen LogP contribution in [0.5, 0.6) is 0 Å². The van der Waals surface area contributed by atoms with Crippen LogP contribution in [0.1, 0.15) is 42.7 Å². The summed E-state index contributed by atoms with van der Waals surface area (Å²) in [5.41, 5.74) is 12.0. The number of H-pyrrole nitrogens is 1. The molecule has 0 bridgehead atoms. The molecule has 1 aliphatic rings. The number of rotatable bonds is 2. The van der Waals surface area contributed by atoms with E-state index in [0.717, 1.165) is 36.0 Å². The number of aromatic amines is 1. The van der Waals surface area contributed by atoms with Gasteiger partial charge in [0.1, 0.15) is 5.82 Å². The molecule has 3 N–H and O–H groups in total. The summed E-state index contributed by atoms with van der Waals surface area (Å²) in [7, 11) is 0. The molecule has 3 aromatic rings. The zero-order valence-corrected chi connectivity index (χ0v) is 14.1. The highest BCUT2D eigenvalue weighted by Crippen LogP contribution is 2.40. The van der Waals surface area contributed by atoms with Gasteiger partial charge in [-0.1, -0.05) is 50.3 Å². The van der Waals surface area contributed by atoms with Gasteiger partial charge in [0.05, 0.1) is 11.1 Å². The van der Waals surface area contributed by atoms with Gasteiger partial charge in [-0.05, 0) is 47.4 Å². The number of pyridine rings is 1. The van der Waals surface area contributed by atoms with Gasteiger partial charge in [-0.25, -0.2) is 4.98 Å². The van der Waals surface area contributed by atoms with Crippen LogP contribution in [0, 0.1) is 5.41 Å². The fourth-order valence-corrected chi connectivity index (χ4v) is 3.59. The molecule has 24 heavy (non-hydrogen) atoms. The first kappa shape index (κ1) is 14.9. The monoisotopic (exact) mass is 318 g/mol.